The van der Waals surface area contributed by atoms with Crippen molar-refractivity contribution in [3.8, 4) is 11.5 Å². The molecular weight excluding hydrogens is 653 g/mol. The number of hydrogen-bond acceptors (Lipinski definition) is 7. The highest BCUT2D eigenvalue weighted by molar-refractivity contribution is 8.00. The van der Waals surface area contributed by atoms with Crippen LogP contribution < -0.4 is 31.2 Å². The highest BCUT2D eigenvalue weighted by Gasteiger charge is 2.24. The number of carbonyl (C=O) groups is 4. The maximum absolute atomic E-state index is 13.7. The molecule has 5 aromatic carbocycles. The number of primary amides is 1. The smallest absolute Gasteiger partial charge is 0.272 e. The predicted molar refractivity (Wildman–Crippen MR) is 195 cm³/mol. The van der Waals surface area contributed by atoms with Gasteiger partial charge in [-0.2, -0.15) is 0 Å². The second kappa shape index (κ2) is 16.7. The van der Waals surface area contributed by atoms with Crippen molar-refractivity contribution in [2.75, 3.05) is 24.9 Å². The predicted octanol–water partition coefficient (Wildman–Crippen LogP) is 6.68. The van der Waals surface area contributed by atoms with E-state index in [1.165, 1.54) is 32.1 Å². The number of para-hydroxylation sites is 2. The van der Waals surface area contributed by atoms with E-state index in [2.05, 4.69) is 16.0 Å². The molecule has 0 saturated carbocycles. The normalized spacial score (nSPS) is 11.5. The van der Waals surface area contributed by atoms with Crippen molar-refractivity contribution in [3.05, 3.63) is 155 Å². The number of thioether (sulfide) groups is 1. The van der Waals surface area contributed by atoms with Crippen LogP contribution in [-0.4, -0.2) is 37.8 Å². The Balaban J connectivity index is 1.37. The Hall–Kier alpha value is -6.33. The summed E-state index contributed by atoms with van der Waals surface area (Å²) in [5, 5.41) is 7.73. The monoisotopic (exact) mass is 686 g/mol. The molecular formula is C39H34N4O6S. The van der Waals surface area contributed by atoms with Gasteiger partial charge in [0, 0.05) is 21.7 Å². The van der Waals surface area contributed by atoms with Gasteiger partial charge in [-0.25, -0.2) is 0 Å². The summed E-state index contributed by atoms with van der Waals surface area (Å²) in [4.78, 5) is 53.1. The molecule has 5 N–H and O–H groups in total. The lowest BCUT2D eigenvalue weighted by molar-refractivity contribution is -0.116. The van der Waals surface area contributed by atoms with Gasteiger partial charge in [0.2, 0.25) is 5.91 Å². The third kappa shape index (κ3) is 8.77. The third-order valence-corrected chi connectivity index (χ3v) is 8.69. The highest BCUT2D eigenvalue weighted by Crippen LogP contribution is 2.37. The fourth-order valence-electron chi connectivity index (χ4n) is 4.98. The van der Waals surface area contributed by atoms with Crippen molar-refractivity contribution in [1.82, 2.24) is 5.32 Å². The Morgan fingerprint density at radius 3 is 2.04 bits per heavy atom. The van der Waals surface area contributed by atoms with Crippen molar-refractivity contribution in [2.45, 2.75) is 10.1 Å². The second-order valence-corrected chi connectivity index (χ2v) is 11.9. The van der Waals surface area contributed by atoms with Crippen LogP contribution in [0.1, 0.15) is 37.1 Å². The largest absolute Gasteiger partial charge is 0.493 e. The van der Waals surface area contributed by atoms with Crippen molar-refractivity contribution in [1.29, 1.82) is 0 Å². The van der Waals surface area contributed by atoms with Gasteiger partial charge in [0.1, 0.15) is 10.9 Å². The van der Waals surface area contributed by atoms with Crippen LogP contribution in [0.3, 0.4) is 0 Å². The standard InChI is InChI=1S/C39H34N4O6S/c1-48-33-19-11-16-27(34(33)49-2)24-32(43-37(45)26-14-7-4-8-15-26)38(46)41-28-20-22-29(23-21-28)50-35(25-12-5-3-6-13-25)39(47)42-31-18-10-9-17-30(31)36(40)44/h3-24,35H,1-2H3,(H2,40,44)(H,41,46)(H,42,47)(H,43,45)/b32-24-. The molecule has 0 bridgehead atoms. The third-order valence-electron chi connectivity index (χ3n) is 7.42. The van der Waals surface area contributed by atoms with E-state index in [0.29, 0.717) is 34.0 Å². The van der Waals surface area contributed by atoms with E-state index in [-0.39, 0.29) is 17.2 Å². The summed E-state index contributed by atoms with van der Waals surface area (Å²) in [6, 6.07) is 36.5. The summed E-state index contributed by atoms with van der Waals surface area (Å²) in [5.41, 5.74) is 8.11. The first-order valence-corrected chi connectivity index (χ1v) is 16.3. The zero-order valence-corrected chi connectivity index (χ0v) is 28.0. The SMILES string of the molecule is COc1cccc(/C=C(\NC(=O)c2ccccc2)C(=O)Nc2ccc(SC(C(=O)Nc3ccccc3C(N)=O)c3ccccc3)cc2)c1OC. The quantitative estimate of drug-likeness (QED) is 0.0797. The molecule has 10 nitrogen and oxygen atoms in total. The van der Waals surface area contributed by atoms with E-state index >= 15 is 0 Å². The minimum Gasteiger partial charge on any atom is -0.493 e. The van der Waals surface area contributed by atoms with Gasteiger partial charge < -0.3 is 31.2 Å². The van der Waals surface area contributed by atoms with Gasteiger partial charge in [-0.05, 0) is 66.2 Å². The topological polar surface area (TPSA) is 149 Å². The van der Waals surface area contributed by atoms with E-state index in [4.69, 9.17) is 15.2 Å². The molecule has 50 heavy (non-hydrogen) atoms. The molecule has 0 saturated heterocycles. The molecule has 0 aliphatic heterocycles. The van der Waals surface area contributed by atoms with Crippen molar-refractivity contribution in [3.63, 3.8) is 0 Å². The molecule has 252 valence electrons. The molecule has 0 fully saturated rings. The lowest BCUT2D eigenvalue weighted by atomic mass is 10.1. The molecule has 0 aliphatic carbocycles. The molecule has 4 amide bonds. The van der Waals surface area contributed by atoms with Gasteiger partial charge >= 0.3 is 0 Å². The number of ether oxygens (including phenoxy) is 2. The number of nitrogens with one attached hydrogen (secondary N) is 3. The second-order valence-electron chi connectivity index (χ2n) is 10.7. The van der Waals surface area contributed by atoms with Crippen molar-refractivity contribution in [2.24, 2.45) is 5.73 Å². The average molecular weight is 687 g/mol. The molecule has 0 aromatic heterocycles. The van der Waals surface area contributed by atoms with E-state index in [1.807, 2.05) is 30.3 Å². The number of anilines is 2. The molecule has 0 radical (unpaired) electrons. The number of hydrogen-bond donors (Lipinski definition) is 4. The van der Waals surface area contributed by atoms with Crippen molar-refractivity contribution < 1.29 is 28.7 Å². The first kappa shape index (κ1) is 35.0. The van der Waals surface area contributed by atoms with E-state index in [9.17, 15) is 19.2 Å². The van der Waals surface area contributed by atoms with E-state index < -0.39 is 23.0 Å². The van der Waals surface area contributed by atoms with E-state index in [0.717, 1.165) is 10.5 Å². The number of rotatable bonds is 13. The Kier molecular flexibility index (Phi) is 11.7. The lowest BCUT2D eigenvalue weighted by Gasteiger charge is -2.18. The highest BCUT2D eigenvalue weighted by atomic mass is 32.2. The summed E-state index contributed by atoms with van der Waals surface area (Å²) in [6.45, 7) is 0. The fraction of sp³-hybridized carbons (Fsp3) is 0.0769. The molecule has 1 atom stereocenters. The Bertz CT molecular complexity index is 2020. The molecule has 0 aliphatic rings. The number of methoxy groups -OCH3 is 2. The maximum atomic E-state index is 13.7. The minimum absolute atomic E-state index is 0.0269. The Labute approximate surface area is 293 Å². The summed E-state index contributed by atoms with van der Waals surface area (Å²) in [6.07, 6.45) is 1.52. The first-order chi connectivity index (χ1) is 24.3. The molecule has 11 heteroatoms. The van der Waals surface area contributed by atoms with Crippen molar-refractivity contribution >= 4 is 52.8 Å². The molecule has 0 spiro atoms. The zero-order chi connectivity index (χ0) is 35.5. The minimum atomic E-state index is -0.682. The van der Waals surface area contributed by atoms with Crippen LogP contribution in [0.5, 0.6) is 11.5 Å². The van der Waals surface area contributed by atoms with Crippen LogP contribution in [-0.2, 0) is 9.59 Å². The van der Waals surface area contributed by atoms with Crippen LogP contribution in [0.4, 0.5) is 11.4 Å². The fourth-order valence-corrected chi connectivity index (χ4v) is 6.01. The lowest BCUT2D eigenvalue weighted by Crippen LogP contribution is -2.30. The Morgan fingerprint density at radius 1 is 0.720 bits per heavy atom. The first-order valence-electron chi connectivity index (χ1n) is 15.4. The summed E-state index contributed by atoms with van der Waals surface area (Å²) >= 11 is 1.30. The molecule has 0 heterocycles. The van der Waals surface area contributed by atoms with Gasteiger partial charge in [-0.15, -0.1) is 11.8 Å². The molecule has 5 aromatic rings. The van der Waals surface area contributed by atoms with Crippen LogP contribution in [0, 0.1) is 0 Å². The molecule has 1 unspecified atom stereocenters. The van der Waals surface area contributed by atoms with Gasteiger partial charge in [0.15, 0.2) is 11.5 Å². The van der Waals surface area contributed by atoms with Gasteiger partial charge in [-0.1, -0.05) is 72.8 Å². The van der Waals surface area contributed by atoms with Gasteiger partial charge in [0.25, 0.3) is 17.7 Å². The van der Waals surface area contributed by atoms with Crippen LogP contribution >= 0.6 is 11.8 Å². The summed E-state index contributed by atoms with van der Waals surface area (Å²) in [7, 11) is 3.00. The van der Waals surface area contributed by atoms with Gasteiger partial charge in [-0.3, -0.25) is 19.2 Å². The number of carbonyl (C=O) groups excluding carboxylic acids is 4. The van der Waals surface area contributed by atoms with Crippen LogP contribution in [0.25, 0.3) is 6.08 Å². The summed E-state index contributed by atoms with van der Waals surface area (Å²) < 4.78 is 10.9. The zero-order valence-electron chi connectivity index (χ0n) is 27.2. The average Bonchev–Trinajstić information content (AvgIpc) is 3.14. The van der Waals surface area contributed by atoms with Crippen LogP contribution in [0.2, 0.25) is 0 Å². The molecule has 5 rings (SSSR count). The van der Waals surface area contributed by atoms with Crippen LogP contribution in [0.15, 0.2) is 138 Å². The van der Waals surface area contributed by atoms with E-state index in [1.54, 1.807) is 97.1 Å². The summed E-state index contributed by atoms with van der Waals surface area (Å²) in [5.74, 6) is -1.18. The number of nitrogens with two attached hydrogens (primary N) is 1. The maximum Gasteiger partial charge on any atom is 0.272 e. The number of benzene rings is 5. The Morgan fingerprint density at radius 2 is 1.38 bits per heavy atom. The number of amides is 4. The van der Waals surface area contributed by atoms with Gasteiger partial charge in [0.05, 0.1) is 25.5 Å².